The summed E-state index contributed by atoms with van der Waals surface area (Å²) in [6, 6.07) is 7.32. The molecule has 9 nitrogen and oxygen atoms in total. The summed E-state index contributed by atoms with van der Waals surface area (Å²) in [6.07, 6.45) is 0.179. The molecule has 0 aliphatic carbocycles. The molecule has 2 unspecified atom stereocenters. The summed E-state index contributed by atoms with van der Waals surface area (Å²) in [7, 11) is 0. The maximum absolute atomic E-state index is 12.4. The minimum atomic E-state index is -1.08. The number of benzene rings is 1. The minimum Gasteiger partial charge on any atom is -0.480 e. The lowest BCUT2D eigenvalue weighted by atomic mass is 10.1. The monoisotopic (exact) mass is 359 g/mol. The molecule has 1 aromatic carbocycles. The number of rotatable bonds is 5. The van der Waals surface area contributed by atoms with Crippen LogP contribution in [-0.2, 0) is 9.59 Å². The molecule has 2 heterocycles. The maximum atomic E-state index is 12.4. The third-order valence-electron chi connectivity index (χ3n) is 4.36. The van der Waals surface area contributed by atoms with Crippen LogP contribution in [0.25, 0.3) is 0 Å². The molecule has 26 heavy (non-hydrogen) atoms. The van der Waals surface area contributed by atoms with Gasteiger partial charge in [0.1, 0.15) is 6.04 Å². The number of carbonyl (C=O) groups is 3. The molecule has 138 valence electrons. The van der Waals surface area contributed by atoms with Crippen LogP contribution in [0.5, 0.6) is 0 Å². The highest BCUT2D eigenvalue weighted by Crippen LogP contribution is 2.19. The standard InChI is InChI=1S/C17H21N5O4/c23-14(9-20-17-18-6-7-19-17)22-10-12(8-13(22)16(25)26)21-15(24)11-4-2-1-3-5-11/h1-5,12-13H,6-10H2,(H,21,24)(H,25,26)(H2,18,19,20). The van der Waals surface area contributed by atoms with Gasteiger partial charge < -0.3 is 26.0 Å². The SMILES string of the molecule is O=C(NC1CC(C(=O)O)N(C(=O)CNC2=NCCN2)C1)c1ccccc1. The van der Waals surface area contributed by atoms with Crippen molar-refractivity contribution in [2.45, 2.75) is 18.5 Å². The summed E-state index contributed by atoms with van der Waals surface area (Å²) in [6.45, 7) is 1.47. The number of guanidine groups is 1. The summed E-state index contributed by atoms with van der Waals surface area (Å²) < 4.78 is 0. The fraction of sp³-hybridized carbons (Fsp3) is 0.412. The lowest BCUT2D eigenvalue weighted by Gasteiger charge is -2.21. The first-order valence-corrected chi connectivity index (χ1v) is 8.45. The minimum absolute atomic E-state index is 0.0467. The van der Waals surface area contributed by atoms with Crippen LogP contribution in [0.15, 0.2) is 35.3 Å². The van der Waals surface area contributed by atoms with Crippen molar-refractivity contribution in [2.75, 3.05) is 26.2 Å². The zero-order chi connectivity index (χ0) is 18.5. The Hall–Kier alpha value is -3.10. The molecule has 1 aromatic rings. The quantitative estimate of drug-likeness (QED) is 0.536. The van der Waals surface area contributed by atoms with E-state index in [1.807, 2.05) is 6.07 Å². The molecule has 1 saturated heterocycles. The lowest BCUT2D eigenvalue weighted by Crippen LogP contribution is -2.47. The zero-order valence-electron chi connectivity index (χ0n) is 14.1. The van der Waals surface area contributed by atoms with Crippen LogP contribution in [0.1, 0.15) is 16.8 Å². The first kappa shape index (κ1) is 17.7. The number of hydrogen-bond acceptors (Lipinski definition) is 6. The highest BCUT2D eigenvalue weighted by atomic mass is 16.4. The van der Waals surface area contributed by atoms with Crippen LogP contribution in [0, 0.1) is 0 Å². The third kappa shape index (κ3) is 4.11. The van der Waals surface area contributed by atoms with Gasteiger partial charge in [-0.05, 0) is 12.1 Å². The number of carbonyl (C=O) groups excluding carboxylic acids is 2. The molecule has 2 aliphatic rings. The Bertz CT molecular complexity index is 721. The van der Waals surface area contributed by atoms with Crippen LogP contribution < -0.4 is 16.0 Å². The van der Waals surface area contributed by atoms with E-state index < -0.39 is 18.1 Å². The second kappa shape index (κ2) is 7.85. The fourth-order valence-electron chi connectivity index (χ4n) is 3.09. The van der Waals surface area contributed by atoms with E-state index in [1.54, 1.807) is 24.3 Å². The first-order valence-electron chi connectivity index (χ1n) is 8.45. The van der Waals surface area contributed by atoms with E-state index in [0.29, 0.717) is 24.6 Å². The van der Waals surface area contributed by atoms with Crippen molar-refractivity contribution in [1.82, 2.24) is 20.9 Å². The van der Waals surface area contributed by atoms with Gasteiger partial charge in [-0.25, -0.2) is 4.79 Å². The van der Waals surface area contributed by atoms with Gasteiger partial charge in [0.15, 0.2) is 5.96 Å². The predicted molar refractivity (Wildman–Crippen MR) is 93.8 cm³/mol. The Morgan fingerprint density at radius 1 is 1.27 bits per heavy atom. The molecule has 3 rings (SSSR count). The molecule has 0 bridgehead atoms. The lowest BCUT2D eigenvalue weighted by molar-refractivity contribution is -0.147. The summed E-state index contributed by atoms with van der Waals surface area (Å²) in [4.78, 5) is 41.6. The van der Waals surface area contributed by atoms with Gasteiger partial charge in [-0.1, -0.05) is 18.2 Å². The second-order valence-corrected chi connectivity index (χ2v) is 6.18. The number of nitrogens with zero attached hydrogens (tertiary/aromatic N) is 2. The molecule has 4 N–H and O–H groups in total. The highest BCUT2D eigenvalue weighted by molar-refractivity contribution is 5.95. The van der Waals surface area contributed by atoms with E-state index in [2.05, 4.69) is 20.9 Å². The number of hydrogen-bond donors (Lipinski definition) is 4. The normalized spacial score (nSPS) is 21.7. The summed E-state index contributed by atoms with van der Waals surface area (Å²) in [5, 5.41) is 18.1. The smallest absolute Gasteiger partial charge is 0.326 e. The van der Waals surface area contributed by atoms with Gasteiger partial charge in [0.05, 0.1) is 13.1 Å². The molecular weight excluding hydrogens is 338 g/mol. The van der Waals surface area contributed by atoms with Crippen LogP contribution in [0.2, 0.25) is 0 Å². The molecule has 2 atom stereocenters. The Labute approximate surface area is 150 Å². The highest BCUT2D eigenvalue weighted by Gasteiger charge is 2.40. The fourth-order valence-corrected chi connectivity index (χ4v) is 3.09. The summed E-state index contributed by atoms with van der Waals surface area (Å²) in [5.74, 6) is -1.16. The summed E-state index contributed by atoms with van der Waals surface area (Å²) in [5.41, 5.74) is 0.496. The van der Waals surface area contributed by atoms with Gasteiger partial charge in [0, 0.05) is 31.1 Å². The number of aliphatic carboxylic acids is 1. The van der Waals surface area contributed by atoms with Crippen LogP contribution in [-0.4, -0.2) is 72.0 Å². The largest absolute Gasteiger partial charge is 0.480 e. The summed E-state index contributed by atoms with van der Waals surface area (Å²) >= 11 is 0. The van der Waals surface area contributed by atoms with Gasteiger partial charge in [-0.3, -0.25) is 14.6 Å². The van der Waals surface area contributed by atoms with E-state index in [9.17, 15) is 19.5 Å². The number of amides is 2. The van der Waals surface area contributed by atoms with E-state index in [0.717, 1.165) is 0 Å². The van der Waals surface area contributed by atoms with Crippen molar-refractivity contribution in [3.05, 3.63) is 35.9 Å². The first-order chi connectivity index (χ1) is 12.5. The van der Waals surface area contributed by atoms with Gasteiger partial charge >= 0.3 is 5.97 Å². The molecule has 0 radical (unpaired) electrons. The zero-order valence-corrected chi connectivity index (χ0v) is 14.1. The molecule has 0 saturated carbocycles. The van der Waals surface area contributed by atoms with E-state index in [-0.39, 0.29) is 31.3 Å². The maximum Gasteiger partial charge on any atom is 0.326 e. The van der Waals surface area contributed by atoms with Crippen LogP contribution >= 0.6 is 0 Å². The Balaban J connectivity index is 1.59. The van der Waals surface area contributed by atoms with Crippen molar-refractivity contribution < 1.29 is 19.5 Å². The number of carboxylic acids is 1. The number of aliphatic imine (C=N–C) groups is 1. The van der Waals surface area contributed by atoms with Crippen molar-refractivity contribution in [3.63, 3.8) is 0 Å². The molecule has 2 amide bonds. The molecular formula is C17H21N5O4. The van der Waals surface area contributed by atoms with Crippen molar-refractivity contribution in [2.24, 2.45) is 4.99 Å². The van der Waals surface area contributed by atoms with Gasteiger partial charge in [0.25, 0.3) is 5.91 Å². The molecule has 0 aromatic heterocycles. The molecule has 9 heteroatoms. The second-order valence-electron chi connectivity index (χ2n) is 6.18. The van der Waals surface area contributed by atoms with Crippen LogP contribution in [0.3, 0.4) is 0 Å². The Morgan fingerprint density at radius 2 is 2.04 bits per heavy atom. The number of carboxylic acid groups (broad SMARTS) is 1. The number of likely N-dealkylation sites (tertiary alicyclic amines) is 1. The predicted octanol–water partition coefficient (Wildman–Crippen LogP) is -0.981. The van der Waals surface area contributed by atoms with Gasteiger partial charge in [0.2, 0.25) is 5.91 Å². The third-order valence-corrected chi connectivity index (χ3v) is 4.36. The average molecular weight is 359 g/mol. The molecule has 0 spiro atoms. The van der Waals surface area contributed by atoms with Crippen molar-refractivity contribution in [1.29, 1.82) is 0 Å². The van der Waals surface area contributed by atoms with Crippen molar-refractivity contribution >= 4 is 23.7 Å². The molecule has 2 aliphatic heterocycles. The molecule has 1 fully saturated rings. The number of nitrogens with one attached hydrogen (secondary N) is 3. The van der Waals surface area contributed by atoms with Gasteiger partial charge in [-0.15, -0.1) is 0 Å². The Kier molecular flexibility index (Phi) is 5.35. The van der Waals surface area contributed by atoms with Crippen molar-refractivity contribution in [3.8, 4) is 0 Å². The van der Waals surface area contributed by atoms with E-state index in [4.69, 9.17) is 0 Å². The van der Waals surface area contributed by atoms with Gasteiger partial charge in [-0.2, -0.15) is 0 Å². The average Bonchev–Trinajstić information content (AvgIpc) is 3.30. The van der Waals surface area contributed by atoms with E-state index >= 15 is 0 Å². The van der Waals surface area contributed by atoms with E-state index in [1.165, 1.54) is 4.90 Å². The van der Waals surface area contributed by atoms with Crippen LogP contribution in [0.4, 0.5) is 0 Å². The topological polar surface area (TPSA) is 123 Å². The Morgan fingerprint density at radius 3 is 2.69 bits per heavy atom.